The largest absolute Gasteiger partial charge is 0.388 e. The Morgan fingerprint density at radius 2 is 2.10 bits per heavy atom. The molecule has 1 amide bonds. The molecule has 21 heavy (non-hydrogen) atoms. The maximum Gasteiger partial charge on any atom is 0.224 e. The Bertz CT molecular complexity index is 501. The van der Waals surface area contributed by atoms with Crippen molar-refractivity contribution in [1.82, 2.24) is 9.47 Å². The van der Waals surface area contributed by atoms with Crippen LogP contribution in [0.5, 0.6) is 0 Å². The molecule has 1 heterocycles. The molecular formula is C17H28N2O2. The fraction of sp³-hybridized carbons (Fsp3) is 0.706. The summed E-state index contributed by atoms with van der Waals surface area (Å²) in [6.07, 6.45) is 3.95. The molecule has 2 rings (SSSR count). The number of amides is 1. The van der Waals surface area contributed by atoms with Crippen molar-refractivity contribution >= 4 is 5.91 Å². The van der Waals surface area contributed by atoms with E-state index in [0.717, 1.165) is 31.5 Å². The van der Waals surface area contributed by atoms with Crippen LogP contribution in [-0.4, -0.2) is 33.6 Å². The molecule has 118 valence electrons. The Balaban J connectivity index is 2.08. The van der Waals surface area contributed by atoms with Crippen LogP contribution in [0.15, 0.2) is 12.3 Å². The number of carbonyl (C=O) groups is 1. The van der Waals surface area contributed by atoms with Gasteiger partial charge in [-0.2, -0.15) is 0 Å². The third-order valence-electron chi connectivity index (χ3n) is 4.55. The fourth-order valence-electron chi connectivity index (χ4n) is 3.35. The Labute approximate surface area is 127 Å². The van der Waals surface area contributed by atoms with Crippen LogP contribution >= 0.6 is 0 Å². The number of aliphatic hydroxyl groups is 1. The first-order chi connectivity index (χ1) is 9.88. The zero-order valence-corrected chi connectivity index (χ0v) is 13.7. The first-order valence-corrected chi connectivity index (χ1v) is 8.01. The van der Waals surface area contributed by atoms with Crippen LogP contribution in [0.25, 0.3) is 0 Å². The van der Waals surface area contributed by atoms with Gasteiger partial charge in [-0.05, 0) is 38.2 Å². The van der Waals surface area contributed by atoms with Gasteiger partial charge in [0.25, 0.3) is 0 Å². The summed E-state index contributed by atoms with van der Waals surface area (Å²) in [5.74, 6) is 0.207. The minimum atomic E-state index is -0.372. The Hall–Kier alpha value is -1.29. The molecule has 0 fully saturated rings. The van der Waals surface area contributed by atoms with Crippen molar-refractivity contribution in [3.05, 3.63) is 23.5 Å². The number of hydrogen-bond donors (Lipinski definition) is 1. The van der Waals surface area contributed by atoms with Gasteiger partial charge in [0.05, 0.1) is 6.10 Å². The molecule has 0 spiro atoms. The number of rotatable bonds is 5. The summed E-state index contributed by atoms with van der Waals surface area (Å²) in [6.45, 7) is 10.6. The lowest BCUT2D eigenvalue weighted by Crippen LogP contribution is -2.31. The highest BCUT2D eigenvalue weighted by Gasteiger charge is 2.33. The summed E-state index contributed by atoms with van der Waals surface area (Å²) in [5.41, 5.74) is 2.36. The first kappa shape index (κ1) is 16.1. The Morgan fingerprint density at radius 3 is 2.71 bits per heavy atom. The molecule has 4 nitrogen and oxygen atoms in total. The number of aromatic nitrogens is 1. The monoisotopic (exact) mass is 292 g/mol. The van der Waals surface area contributed by atoms with E-state index in [2.05, 4.69) is 18.4 Å². The van der Waals surface area contributed by atoms with Crippen molar-refractivity contribution in [2.24, 2.45) is 5.41 Å². The average Bonchev–Trinajstić information content (AvgIpc) is 2.79. The van der Waals surface area contributed by atoms with Gasteiger partial charge in [0.1, 0.15) is 0 Å². The van der Waals surface area contributed by atoms with Crippen molar-refractivity contribution in [2.75, 3.05) is 13.1 Å². The third kappa shape index (κ3) is 3.49. The van der Waals surface area contributed by atoms with Gasteiger partial charge in [-0.25, -0.2) is 0 Å². The third-order valence-corrected chi connectivity index (χ3v) is 4.55. The van der Waals surface area contributed by atoms with Crippen molar-refractivity contribution in [3.8, 4) is 0 Å². The lowest BCUT2D eigenvalue weighted by atomic mass is 9.75. The van der Waals surface area contributed by atoms with Gasteiger partial charge < -0.3 is 14.6 Å². The molecule has 0 aromatic carbocycles. The second kappa shape index (κ2) is 6.22. The van der Waals surface area contributed by atoms with E-state index in [0.29, 0.717) is 13.0 Å². The molecule has 0 saturated carbocycles. The Kier molecular flexibility index (Phi) is 4.77. The van der Waals surface area contributed by atoms with Crippen LogP contribution in [0, 0.1) is 5.41 Å². The minimum Gasteiger partial charge on any atom is -0.388 e. The normalized spacial score (nSPS) is 20.1. The predicted molar refractivity (Wildman–Crippen MR) is 84.0 cm³/mol. The molecule has 0 aliphatic heterocycles. The molecule has 1 aliphatic rings. The van der Waals surface area contributed by atoms with Gasteiger partial charge >= 0.3 is 0 Å². The SMILES string of the molecule is CCN(CC)C(=O)CCn1ccc2c1CC(C)(C)CC2O. The van der Waals surface area contributed by atoms with Crippen LogP contribution < -0.4 is 0 Å². The van der Waals surface area contributed by atoms with Crippen molar-refractivity contribution < 1.29 is 9.90 Å². The van der Waals surface area contributed by atoms with Gasteiger partial charge in [-0.3, -0.25) is 4.79 Å². The van der Waals surface area contributed by atoms with E-state index in [-0.39, 0.29) is 17.4 Å². The molecule has 0 saturated heterocycles. The van der Waals surface area contributed by atoms with Crippen LogP contribution in [-0.2, 0) is 17.8 Å². The number of aryl methyl sites for hydroxylation is 1. The van der Waals surface area contributed by atoms with Crippen molar-refractivity contribution in [2.45, 2.75) is 59.6 Å². The number of carbonyl (C=O) groups excluding carboxylic acids is 1. The lowest BCUT2D eigenvalue weighted by Gasteiger charge is -2.34. The van der Waals surface area contributed by atoms with Gasteiger partial charge in [-0.1, -0.05) is 13.8 Å². The lowest BCUT2D eigenvalue weighted by molar-refractivity contribution is -0.131. The second-order valence-corrected chi connectivity index (χ2v) is 6.79. The highest BCUT2D eigenvalue weighted by Crippen LogP contribution is 2.41. The zero-order chi connectivity index (χ0) is 15.6. The minimum absolute atomic E-state index is 0.116. The molecule has 4 heteroatoms. The van der Waals surface area contributed by atoms with Crippen LogP contribution in [0.2, 0.25) is 0 Å². The van der Waals surface area contributed by atoms with Gasteiger partial charge in [-0.15, -0.1) is 0 Å². The van der Waals surface area contributed by atoms with Crippen molar-refractivity contribution in [3.63, 3.8) is 0 Å². The van der Waals surface area contributed by atoms with E-state index in [4.69, 9.17) is 0 Å². The summed E-state index contributed by atoms with van der Waals surface area (Å²) in [6, 6.07) is 2.01. The number of aliphatic hydroxyl groups excluding tert-OH is 1. The van der Waals surface area contributed by atoms with Gasteiger partial charge in [0.2, 0.25) is 5.91 Å². The van der Waals surface area contributed by atoms with Crippen LogP contribution in [0.3, 0.4) is 0 Å². The maximum atomic E-state index is 12.1. The predicted octanol–water partition coefficient (Wildman–Crippen LogP) is 2.75. The fourth-order valence-corrected chi connectivity index (χ4v) is 3.35. The summed E-state index contributed by atoms with van der Waals surface area (Å²) >= 11 is 0. The molecule has 1 atom stereocenters. The molecule has 1 aliphatic carbocycles. The molecule has 1 aromatic heterocycles. The molecule has 0 bridgehead atoms. The van der Waals surface area contributed by atoms with Crippen molar-refractivity contribution in [1.29, 1.82) is 0 Å². The highest BCUT2D eigenvalue weighted by atomic mass is 16.3. The zero-order valence-electron chi connectivity index (χ0n) is 13.7. The van der Waals surface area contributed by atoms with E-state index < -0.39 is 0 Å². The number of nitrogens with zero attached hydrogens (tertiary/aromatic N) is 2. The van der Waals surface area contributed by atoms with E-state index in [1.54, 1.807) is 0 Å². The van der Waals surface area contributed by atoms with Crippen LogP contribution in [0.4, 0.5) is 0 Å². The van der Waals surface area contributed by atoms with E-state index in [1.807, 2.05) is 31.0 Å². The second-order valence-electron chi connectivity index (χ2n) is 6.79. The Morgan fingerprint density at radius 1 is 1.43 bits per heavy atom. The van der Waals surface area contributed by atoms with Gasteiger partial charge in [0, 0.05) is 43.5 Å². The average molecular weight is 292 g/mol. The summed E-state index contributed by atoms with van der Waals surface area (Å²) in [7, 11) is 0. The smallest absolute Gasteiger partial charge is 0.224 e. The molecule has 1 N–H and O–H groups in total. The van der Waals surface area contributed by atoms with Crippen LogP contribution in [0.1, 0.15) is 57.9 Å². The summed E-state index contributed by atoms with van der Waals surface area (Å²) in [5, 5.41) is 10.3. The van der Waals surface area contributed by atoms with Gasteiger partial charge in [0.15, 0.2) is 0 Å². The summed E-state index contributed by atoms with van der Waals surface area (Å²) in [4.78, 5) is 14.0. The first-order valence-electron chi connectivity index (χ1n) is 8.01. The van der Waals surface area contributed by atoms with E-state index in [1.165, 1.54) is 5.69 Å². The van der Waals surface area contributed by atoms with E-state index in [9.17, 15) is 9.90 Å². The molecule has 0 radical (unpaired) electrons. The standard InChI is InChI=1S/C17H28N2O2/c1-5-18(6-2)16(21)8-10-19-9-7-13-14(19)11-17(3,4)12-15(13)20/h7,9,15,20H,5-6,8,10-12H2,1-4H3. The van der Waals surface area contributed by atoms with E-state index >= 15 is 0 Å². The molecular weight excluding hydrogens is 264 g/mol. The topological polar surface area (TPSA) is 45.5 Å². The maximum absolute atomic E-state index is 12.1. The number of hydrogen-bond acceptors (Lipinski definition) is 2. The summed E-state index contributed by atoms with van der Waals surface area (Å²) < 4.78 is 2.15. The molecule has 1 aromatic rings. The quantitative estimate of drug-likeness (QED) is 0.907. The molecule has 1 unspecified atom stereocenters. The number of fused-ring (bicyclic) bond motifs is 1. The highest BCUT2D eigenvalue weighted by molar-refractivity contribution is 5.76.